The number of rotatable bonds is 0. The first-order valence-corrected chi connectivity index (χ1v) is 4.17. The van der Waals surface area contributed by atoms with Gasteiger partial charge in [0.1, 0.15) is 5.65 Å². The number of anilines is 1. The van der Waals surface area contributed by atoms with Crippen LogP contribution >= 0.6 is 0 Å². The number of fused-ring (bicyclic) bond motifs is 1. The molecular formula is C9H8F3N3. The van der Waals surface area contributed by atoms with Gasteiger partial charge in [-0.25, -0.2) is 4.98 Å². The Morgan fingerprint density at radius 1 is 1.40 bits per heavy atom. The molecular weight excluding hydrogens is 207 g/mol. The van der Waals surface area contributed by atoms with Gasteiger partial charge in [-0.15, -0.1) is 0 Å². The van der Waals surface area contributed by atoms with Crippen LogP contribution in [-0.4, -0.2) is 9.55 Å². The van der Waals surface area contributed by atoms with Gasteiger partial charge in [-0.3, -0.25) is 0 Å². The summed E-state index contributed by atoms with van der Waals surface area (Å²) in [6.07, 6.45) is -2.03. The molecule has 0 atom stereocenters. The number of halogens is 3. The molecule has 2 heterocycles. The molecule has 2 aromatic heterocycles. The van der Waals surface area contributed by atoms with Crippen molar-refractivity contribution in [2.45, 2.75) is 6.18 Å². The van der Waals surface area contributed by atoms with E-state index in [-0.39, 0.29) is 16.7 Å². The van der Waals surface area contributed by atoms with Crippen LogP contribution in [0.5, 0.6) is 0 Å². The van der Waals surface area contributed by atoms with Gasteiger partial charge in [0.2, 0.25) is 0 Å². The number of nitrogens with two attached hydrogens (primary N) is 1. The molecule has 0 bridgehead atoms. The number of nitrogens with zero attached hydrogens (tertiary/aromatic N) is 2. The lowest BCUT2D eigenvalue weighted by Crippen LogP contribution is -2.03. The predicted molar refractivity (Wildman–Crippen MR) is 50.1 cm³/mol. The normalized spacial score (nSPS) is 12.3. The first-order chi connectivity index (χ1) is 6.89. The van der Waals surface area contributed by atoms with Crippen LogP contribution in [-0.2, 0) is 13.2 Å². The summed E-state index contributed by atoms with van der Waals surface area (Å²) in [5.74, 6) is 0. The molecule has 0 aromatic carbocycles. The summed E-state index contributed by atoms with van der Waals surface area (Å²) < 4.78 is 39.1. The summed E-state index contributed by atoms with van der Waals surface area (Å²) in [7, 11) is 1.51. The summed E-state index contributed by atoms with van der Waals surface area (Å²) in [5.41, 5.74) is 5.19. The average Bonchev–Trinajstić information content (AvgIpc) is 2.42. The second-order valence-electron chi connectivity index (χ2n) is 3.29. The molecule has 0 radical (unpaired) electrons. The van der Waals surface area contributed by atoms with E-state index in [1.165, 1.54) is 23.9 Å². The first-order valence-electron chi connectivity index (χ1n) is 4.17. The zero-order chi connectivity index (χ0) is 11.2. The maximum absolute atomic E-state index is 12.6. The fraction of sp³-hybridized carbons (Fsp3) is 0.222. The standard InChI is InChI=1S/C9H8F3N3/c1-15-4-7(9(10,11)12)6-2-5(13)3-14-8(6)15/h2-4H,13H2,1H3. The molecule has 15 heavy (non-hydrogen) atoms. The molecule has 0 amide bonds. The van der Waals surface area contributed by atoms with Crippen LogP contribution in [0, 0.1) is 0 Å². The van der Waals surface area contributed by atoms with Crippen molar-refractivity contribution in [3.63, 3.8) is 0 Å². The van der Waals surface area contributed by atoms with Crippen LogP contribution in [0.15, 0.2) is 18.5 Å². The molecule has 80 valence electrons. The van der Waals surface area contributed by atoms with Gasteiger partial charge in [-0.1, -0.05) is 0 Å². The number of aryl methyl sites for hydroxylation is 1. The van der Waals surface area contributed by atoms with E-state index in [1.807, 2.05) is 0 Å². The Labute approximate surface area is 83.3 Å². The monoisotopic (exact) mass is 215 g/mol. The van der Waals surface area contributed by atoms with Gasteiger partial charge in [0.25, 0.3) is 0 Å². The van der Waals surface area contributed by atoms with Crippen LogP contribution < -0.4 is 5.73 Å². The molecule has 0 fully saturated rings. The van der Waals surface area contributed by atoms with Crippen molar-refractivity contribution in [3.05, 3.63) is 24.0 Å². The number of alkyl halides is 3. The molecule has 2 rings (SSSR count). The highest BCUT2D eigenvalue weighted by atomic mass is 19.4. The molecule has 0 saturated heterocycles. The van der Waals surface area contributed by atoms with Crippen LogP contribution in [0.25, 0.3) is 11.0 Å². The summed E-state index contributed by atoms with van der Waals surface area (Å²) in [5, 5.41) is 0.0324. The molecule has 3 nitrogen and oxygen atoms in total. The van der Waals surface area contributed by atoms with Crippen molar-refractivity contribution in [1.29, 1.82) is 0 Å². The van der Waals surface area contributed by atoms with E-state index >= 15 is 0 Å². The minimum Gasteiger partial charge on any atom is -0.397 e. The summed E-state index contributed by atoms with van der Waals surface area (Å²) in [6, 6.07) is 1.28. The minimum atomic E-state index is -4.38. The SMILES string of the molecule is Cn1cc(C(F)(F)F)c2cc(N)cnc21. The Morgan fingerprint density at radius 3 is 2.67 bits per heavy atom. The lowest BCUT2D eigenvalue weighted by atomic mass is 10.2. The third-order valence-corrected chi connectivity index (χ3v) is 2.14. The van der Waals surface area contributed by atoms with E-state index < -0.39 is 11.7 Å². The van der Waals surface area contributed by atoms with Crippen molar-refractivity contribution >= 4 is 16.7 Å². The van der Waals surface area contributed by atoms with Gasteiger partial charge >= 0.3 is 6.18 Å². The molecule has 0 aliphatic carbocycles. The lowest BCUT2D eigenvalue weighted by molar-refractivity contribution is -0.136. The third kappa shape index (κ3) is 1.51. The molecule has 0 aliphatic rings. The van der Waals surface area contributed by atoms with Gasteiger partial charge in [0.05, 0.1) is 17.4 Å². The van der Waals surface area contributed by atoms with E-state index in [0.717, 1.165) is 6.20 Å². The molecule has 2 N–H and O–H groups in total. The van der Waals surface area contributed by atoms with Crippen molar-refractivity contribution in [2.75, 3.05) is 5.73 Å². The van der Waals surface area contributed by atoms with Gasteiger partial charge in [-0.2, -0.15) is 13.2 Å². The molecule has 0 spiro atoms. The van der Waals surface area contributed by atoms with E-state index in [9.17, 15) is 13.2 Å². The highest BCUT2D eigenvalue weighted by Crippen LogP contribution is 2.35. The molecule has 0 aliphatic heterocycles. The second kappa shape index (κ2) is 2.88. The van der Waals surface area contributed by atoms with Crippen LogP contribution in [0.4, 0.5) is 18.9 Å². The van der Waals surface area contributed by atoms with Gasteiger partial charge in [0, 0.05) is 18.6 Å². The average molecular weight is 215 g/mol. The Hall–Kier alpha value is -1.72. The fourth-order valence-electron chi connectivity index (χ4n) is 1.50. The van der Waals surface area contributed by atoms with E-state index in [4.69, 9.17) is 5.73 Å². The molecule has 6 heteroatoms. The highest BCUT2D eigenvalue weighted by Gasteiger charge is 2.34. The van der Waals surface area contributed by atoms with Gasteiger partial charge < -0.3 is 10.3 Å². The Balaban J connectivity index is 2.81. The number of nitrogen functional groups attached to an aromatic ring is 1. The van der Waals surface area contributed by atoms with Crippen molar-refractivity contribution in [3.8, 4) is 0 Å². The molecule has 0 unspecified atom stereocenters. The lowest BCUT2D eigenvalue weighted by Gasteiger charge is -2.03. The van der Waals surface area contributed by atoms with E-state index in [0.29, 0.717) is 0 Å². The summed E-state index contributed by atoms with van der Waals surface area (Å²) in [4.78, 5) is 3.85. The maximum atomic E-state index is 12.6. The zero-order valence-corrected chi connectivity index (χ0v) is 7.84. The number of hydrogen-bond acceptors (Lipinski definition) is 2. The zero-order valence-electron chi connectivity index (χ0n) is 7.84. The minimum absolute atomic E-state index is 0.0324. The largest absolute Gasteiger partial charge is 0.418 e. The van der Waals surface area contributed by atoms with Crippen molar-refractivity contribution < 1.29 is 13.2 Å². The van der Waals surface area contributed by atoms with Gasteiger partial charge in [0.15, 0.2) is 0 Å². The number of hydrogen-bond donors (Lipinski definition) is 1. The number of aromatic nitrogens is 2. The van der Waals surface area contributed by atoms with Gasteiger partial charge in [-0.05, 0) is 6.07 Å². The van der Waals surface area contributed by atoms with Crippen molar-refractivity contribution in [1.82, 2.24) is 9.55 Å². The number of pyridine rings is 1. The van der Waals surface area contributed by atoms with Crippen LogP contribution in [0.1, 0.15) is 5.56 Å². The smallest absolute Gasteiger partial charge is 0.397 e. The van der Waals surface area contributed by atoms with Crippen molar-refractivity contribution in [2.24, 2.45) is 7.05 Å². The summed E-state index contributed by atoms with van der Waals surface area (Å²) >= 11 is 0. The van der Waals surface area contributed by atoms with Crippen LogP contribution in [0.3, 0.4) is 0 Å². The van der Waals surface area contributed by atoms with E-state index in [2.05, 4.69) is 4.98 Å². The Bertz CT molecular complexity index is 513. The topological polar surface area (TPSA) is 43.8 Å². The third-order valence-electron chi connectivity index (χ3n) is 2.14. The quantitative estimate of drug-likeness (QED) is 0.731. The fourth-order valence-corrected chi connectivity index (χ4v) is 1.50. The highest BCUT2D eigenvalue weighted by molar-refractivity contribution is 5.83. The second-order valence-corrected chi connectivity index (χ2v) is 3.29. The van der Waals surface area contributed by atoms with Crippen LogP contribution in [0.2, 0.25) is 0 Å². The van der Waals surface area contributed by atoms with E-state index in [1.54, 1.807) is 0 Å². The summed E-state index contributed by atoms with van der Waals surface area (Å²) in [6.45, 7) is 0. The first kappa shape index (κ1) is 9.82. The predicted octanol–water partition coefficient (Wildman–Crippen LogP) is 2.17. The Morgan fingerprint density at radius 2 is 2.07 bits per heavy atom. The molecule has 0 saturated carbocycles. The Kier molecular flexibility index (Phi) is 1.89. The maximum Gasteiger partial charge on any atom is 0.418 e. The molecule has 2 aromatic rings.